The molecule has 1 aliphatic rings. The molecule has 0 radical (unpaired) electrons. The summed E-state index contributed by atoms with van der Waals surface area (Å²) in [5.74, 6) is 0. The number of hydrogen-bond acceptors (Lipinski definition) is 2. The Balaban J connectivity index is 1.24. The fraction of sp³-hybridized carbons (Fsp3) is 0.106. The lowest BCUT2D eigenvalue weighted by atomic mass is 10.1. The van der Waals surface area contributed by atoms with Gasteiger partial charge < -0.3 is 0 Å². The van der Waals surface area contributed by atoms with Crippen molar-refractivity contribution in [2.24, 2.45) is 0 Å². The van der Waals surface area contributed by atoms with Crippen LogP contribution < -0.4 is 30.5 Å². The van der Waals surface area contributed by atoms with Crippen molar-refractivity contribution in [2.75, 3.05) is 13.3 Å². The van der Waals surface area contributed by atoms with E-state index in [0.717, 1.165) is 0 Å². The van der Waals surface area contributed by atoms with E-state index in [9.17, 15) is 0 Å². The van der Waals surface area contributed by atoms with Gasteiger partial charge in [0.15, 0.2) is 9.24 Å². The molecule has 0 fully saturated rings. The van der Waals surface area contributed by atoms with Crippen LogP contribution >= 0.6 is 44.7 Å². The second-order valence-corrected chi connectivity index (χ2v) is 25.7. The molecule has 5 heteroatoms. The maximum Gasteiger partial charge on any atom is 0.157 e. The molecule has 3 aromatic heterocycles. The molecule has 0 spiro atoms. The molecular weight excluding hydrogens is 722 g/mol. The zero-order valence-corrected chi connectivity index (χ0v) is 33.8. The Morgan fingerprint density at radius 1 is 0.404 bits per heavy atom. The molecule has 3 heterocycles. The number of fused-ring (bicyclic) bond motifs is 1. The highest BCUT2D eigenvalue weighted by molar-refractivity contribution is 7.99. The molecule has 9 rings (SSSR count). The van der Waals surface area contributed by atoms with Crippen LogP contribution in [0.4, 0.5) is 0 Å². The lowest BCUT2D eigenvalue weighted by Gasteiger charge is -2.21. The van der Waals surface area contributed by atoms with Crippen molar-refractivity contribution in [3.8, 4) is 25.6 Å². The molecular formula is C47H41P3S2+2. The van der Waals surface area contributed by atoms with Crippen molar-refractivity contribution in [3.63, 3.8) is 0 Å². The van der Waals surface area contributed by atoms with Gasteiger partial charge in [0.1, 0.15) is 35.7 Å². The average molecular weight is 763 g/mol. The minimum atomic E-state index is -1.82. The van der Waals surface area contributed by atoms with Crippen molar-refractivity contribution < 1.29 is 0 Å². The molecule has 0 N–H and O–H groups in total. The van der Waals surface area contributed by atoms with Gasteiger partial charge in [-0.2, -0.15) is 0 Å². The van der Waals surface area contributed by atoms with Crippen LogP contribution in [0.25, 0.3) is 25.6 Å². The predicted molar refractivity (Wildman–Crippen MR) is 238 cm³/mol. The van der Waals surface area contributed by atoms with Crippen LogP contribution in [0, 0.1) is 0 Å². The molecule has 5 aromatic carbocycles. The van der Waals surface area contributed by atoms with Gasteiger partial charge in [0.25, 0.3) is 0 Å². The Kier molecular flexibility index (Phi) is 9.25. The Morgan fingerprint density at radius 3 is 1.08 bits per heavy atom. The number of rotatable bonds is 9. The topological polar surface area (TPSA) is 0 Å². The predicted octanol–water partition coefficient (Wildman–Crippen LogP) is 11.5. The molecule has 52 heavy (non-hydrogen) atoms. The van der Waals surface area contributed by atoms with E-state index in [-0.39, 0.29) is 0 Å². The summed E-state index contributed by atoms with van der Waals surface area (Å²) >= 11 is 4.13. The smallest absolute Gasteiger partial charge is 0.0978 e. The molecule has 0 amide bonds. The maximum absolute atomic E-state index is 2.52. The minimum Gasteiger partial charge on any atom is -0.0978 e. The molecule has 0 aliphatic heterocycles. The fourth-order valence-electron chi connectivity index (χ4n) is 8.10. The zero-order valence-electron chi connectivity index (χ0n) is 29.5. The summed E-state index contributed by atoms with van der Waals surface area (Å²) in [5.41, 5.74) is 3.27. The number of thiophene rings is 2. The fourth-order valence-corrected chi connectivity index (χ4v) is 21.9. The van der Waals surface area contributed by atoms with Crippen molar-refractivity contribution in [3.05, 3.63) is 187 Å². The van der Waals surface area contributed by atoms with E-state index >= 15 is 0 Å². The molecule has 0 nitrogen and oxygen atoms in total. The molecule has 254 valence electrons. The first kappa shape index (κ1) is 33.9. The van der Waals surface area contributed by atoms with Crippen molar-refractivity contribution in [1.29, 1.82) is 0 Å². The second-order valence-electron chi connectivity index (χ2n) is 13.8. The lowest BCUT2D eigenvalue weighted by Crippen LogP contribution is -2.28. The van der Waals surface area contributed by atoms with Crippen LogP contribution in [0.5, 0.6) is 0 Å². The van der Waals surface area contributed by atoms with E-state index in [1.54, 1.807) is 21.7 Å². The average Bonchev–Trinajstić information content (AvgIpc) is 4.05. The summed E-state index contributed by atoms with van der Waals surface area (Å²) in [6.07, 6.45) is 3.59. The summed E-state index contributed by atoms with van der Waals surface area (Å²) in [7, 11) is -4.35. The quantitative estimate of drug-likeness (QED) is 0.129. The van der Waals surface area contributed by atoms with Gasteiger partial charge in [0.05, 0.1) is 13.3 Å². The normalized spacial score (nSPS) is 13.0. The third kappa shape index (κ3) is 5.73. The molecule has 0 saturated heterocycles. The lowest BCUT2D eigenvalue weighted by molar-refractivity contribution is 0.912. The van der Waals surface area contributed by atoms with Gasteiger partial charge in [-0.1, -0.05) is 133 Å². The highest BCUT2D eigenvalue weighted by atomic mass is 32.1. The zero-order chi connectivity index (χ0) is 35.1. The maximum atomic E-state index is 2.52. The van der Waals surface area contributed by atoms with Crippen molar-refractivity contribution >= 4 is 75.2 Å². The summed E-state index contributed by atoms with van der Waals surface area (Å²) in [4.78, 5) is 2.94. The highest BCUT2D eigenvalue weighted by Gasteiger charge is 2.44. The molecule has 0 unspecified atom stereocenters. The number of hydrogen-bond donors (Lipinski definition) is 0. The summed E-state index contributed by atoms with van der Waals surface area (Å²) in [5, 5.41) is 10.5. The van der Waals surface area contributed by atoms with Crippen LogP contribution in [0.2, 0.25) is 0 Å². The second kappa shape index (κ2) is 14.2. The molecule has 0 atom stereocenters. The van der Waals surface area contributed by atoms with E-state index in [1.165, 1.54) is 64.8 Å². The van der Waals surface area contributed by atoms with E-state index in [4.69, 9.17) is 0 Å². The Labute approximate surface area is 318 Å². The Bertz CT molecular complexity index is 2210. The Hall–Kier alpha value is -3.86. The van der Waals surface area contributed by atoms with E-state index < -0.39 is 22.1 Å². The van der Waals surface area contributed by atoms with Gasteiger partial charge in [0, 0.05) is 20.3 Å². The SMILES string of the molecule is C[P+](c1ccccc1)(c1ccccc1)c1ccc(-c2c3c(c(-c4ccc([P+](C)(c5ccccc5)c5ccccc5)s4)p2-c2ccccc2)CCC3)s1. The van der Waals surface area contributed by atoms with Crippen LogP contribution in [-0.2, 0) is 12.8 Å². The van der Waals surface area contributed by atoms with Gasteiger partial charge in [0.2, 0.25) is 0 Å². The van der Waals surface area contributed by atoms with Gasteiger partial charge in [-0.15, -0.1) is 0 Å². The summed E-state index contributed by atoms with van der Waals surface area (Å²) in [6, 6.07) is 66.4. The molecule has 1 aliphatic carbocycles. The van der Waals surface area contributed by atoms with Gasteiger partial charge in [-0.05, 0) is 108 Å². The van der Waals surface area contributed by atoms with Crippen molar-refractivity contribution in [1.82, 2.24) is 0 Å². The van der Waals surface area contributed by atoms with Crippen LogP contribution in [0.15, 0.2) is 176 Å². The third-order valence-corrected chi connectivity index (χ3v) is 25.8. The highest BCUT2D eigenvalue weighted by Crippen LogP contribution is 2.65. The van der Waals surface area contributed by atoms with E-state index in [2.05, 4.69) is 212 Å². The van der Waals surface area contributed by atoms with Gasteiger partial charge >= 0.3 is 0 Å². The molecule has 0 saturated carbocycles. The first-order valence-electron chi connectivity index (χ1n) is 18.1. The molecule has 0 bridgehead atoms. The van der Waals surface area contributed by atoms with E-state index in [0.29, 0.717) is 0 Å². The largest absolute Gasteiger partial charge is 0.157 e. The first-order chi connectivity index (χ1) is 25.6. The third-order valence-electron chi connectivity index (χ3n) is 10.9. The molecule has 8 aromatic rings. The summed E-state index contributed by atoms with van der Waals surface area (Å²) in [6.45, 7) is 5.05. The van der Waals surface area contributed by atoms with Gasteiger partial charge in [-0.3, -0.25) is 0 Å². The monoisotopic (exact) mass is 762 g/mol. The van der Waals surface area contributed by atoms with Crippen LogP contribution in [0.3, 0.4) is 0 Å². The standard InChI is InChI=1S/C47H41P3S2/c1-49(36-21-10-4-11-22-36,37-23-12-5-13-24-37)44-33-31-42(51-44)46-40-29-18-30-41(40)47(48(46)35-19-8-3-9-20-35)43-32-34-45(52-43)50(2,38-25-14-6-15-26-38)39-27-16-7-17-28-39/h3-17,19-28,31-34H,18,29-30H2,1-2H3/q+2. The van der Waals surface area contributed by atoms with Crippen LogP contribution in [-0.4, -0.2) is 13.3 Å². The van der Waals surface area contributed by atoms with Gasteiger partial charge in [-0.25, -0.2) is 0 Å². The van der Waals surface area contributed by atoms with E-state index in [1.807, 2.05) is 0 Å². The first-order valence-corrected chi connectivity index (χ1v) is 25.5. The minimum absolute atomic E-state index is 0.710. The van der Waals surface area contributed by atoms with Crippen LogP contribution in [0.1, 0.15) is 17.5 Å². The summed E-state index contributed by atoms with van der Waals surface area (Å²) < 4.78 is 3.02. The Morgan fingerprint density at radius 2 is 0.731 bits per heavy atom. The van der Waals surface area contributed by atoms with Crippen molar-refractivity contribution in [2.45, 2.75) is 19.3 Å². The number of benzene rings is 5.